The van der Waals surface area contributed by atoms with E-state index in [2.05, 4.69) is 6.07 Å². The van der Waals surface area contributed by atoms with Crippen molar-refractivity contribution in [1.29, 1.82) is 0 Å². The Morgan fingerprint density at radius 1 is 1.23 bits per heavy atom. The van der Waals surface area contributed by atoms with Gasteiger partial charge in [-0.1, -0.05) is 30.3 Å². The summed E-state index contributed by atoms with van der Waals surface area (Å²) in [4.78, 5) is 24.9. The van der Waals surface area contributed by atoms with Gasteiger partial charge in [-0.15, -0.1) is 0 Å². The lowest BCUT2D eigenvalue weighted by Crippen LogP contribution is -2.51. The summed E-state index contributed by atoms with van der Waals surface area (Å²) in [5.41, 5.74) is 1.26. The second-order valence-electron chi connectivity index (χ2n) is 6.66. The standard InChI is InChI=1S/C19H18N2O5/c22-17-14(5-3-7-16(17)21(24)25)18(23)20-10-11-26-19(12-20)9-8-13-4-1-2-6-15(13)19/h1-7,22H,8-12H2. The number of hydrogen-bond acceptors (Lipinski definition) is 5. The highest BCUT2D eigenvalue weighted by molar-refractivity contribution is 5.98. The number of aromatic hydroxyl groups is 1. The van der Waals surface area contributed by atoms with Crippen LogP contribution in [-0.4, -0.2) is 40.5 Å². The molecule has 1 amide bonds. The highest BCUT2D eigenvalue weighted by atomic mass is 16.6. The number of nitro benzene ring substituents is 1. The number of para-hydroxylation sites is 1. The van der Waals surface area contributed by atoms with Crippen molar-refractivity contribution in [3.63, 3.8) is 0 Å². The Kier molecular flexibility index (Phi) is 3.88. The van der Waals surface area contributed by atoms with Gasteiger partial charge in [-0.05, 0) is 30.0 Å². The summed E-state index contributed by atoms with van der Waals surface area (Å²) in [5, 5.41) is 21.2. The smallest absolute Gasteiger partial charge is 0.311 e. The molecule has 1 atom stereocenters. The molecule has 0 aromatic heterocycles. The molecule has 1 aliphatic heterocycles. The van der Waals surface area contributed by atoms with Gasteiger partial charge >= 0.3 is 5.69 Å². The molecule has 0 bridgehead atoms. The zero-order valence-corrected chi connectivity index (χ0v) is 14.1. The number of ether oxygens (including phenoxy) is 1. The van der Waals surface area contributed by atoms with Crippen molar-refractivity contribution in [1.82, 2.24) is 4.90 Å². The summed E-state index contributed by atoms with van der Waals surface area (Å²) < 4.78 is 6.10. The Labute approximate surface area is 150 Å². The predicted octanol–water partition coefficient (Wildman–Crippen LogP) is 2.61. The molecular formula is C19H18N2O5. The molecule has 2 aliphatic rings. The highest BCUT2D eigenvalue weighted by Gasteiger charge is 2.44. The number of rotatable bonds is 2. The molecule has 1 aliphatic carbocycles. The normalized spacial score (nSPS) is 21.6. The van der Waals surface area contributed by atoms with Crippen LogP contribution in [0.2, 0.25) is 0 Å². The van der Waals surface area contributed by atoms with Crippen LogP contribution in [0.25, 0.3) is 0 Å². The van der Waals surface area contributed by atoms with Crippen LogP contribution in [0.3, 0.4) is 0 Å². The van der Waals surface area contributed by atoms with Crippen molar-refractivity contribution in [2.75, 3.05) is 19.7 Å². The lowest BCUT2D eigenvalue weighted by Gasteiger charge is -2.41. The zero-order valence-electron chi connectivity index (χ0n) is 14.1. The largest absolute Gasteiger partial charge is 0.502 e. The number of benzene rings is 2. The van der Waals surface area contributed by atoms with Crippen LogP contribution in [0.1, 0.15) is 27.9 Å². The van der Waals surface area contributed by atoms with Crippen LogP contribution < -0.4 is 0 Å². The number of nitro groups is 1. The maximum absolute atomic E-state index is 12.9. The molecule has 134 valence electrons. The third-order valence-corrected chi connectivity index (χ3v) is 5.22. The van der Waals surface area contributed by atoms with E-state index in [9.17, 15) is 20.0 Å². The molecule has 0 radical (unpaired) electrons. The molecule has 2 aromatic carbocycles. The molecule has 1 unspecified atom stereocenters. The van der Waals surface area contributed by atoms with Crippen molar-refractivity contribution < 1.29 is 19.6 Å². The molecule has 1 fully saturated rings. The molecule has 2 aromatic rings. The van der Waals surface area contributed by atoms with Gasteiger partial charge in [-0.25, -0.2) is 0 Å². The SMILES string of the molecule is O=C(c1cccc([N+](=O)[O-])c1O)N1CCOC2(CCc3ccccc32)C1. The molecule has 1 saturated heterocycles. The van der Waals surface area contributed by atoms with Crippen LogP contribution in [0.5, 0.6) is 5.75 Å². The third-order valence-electron chi connectivity index (χ3n) is 5.22. The first-order valence-corrected chi connectivity index (χ1v) is 8.50. The van der Waals surface area contributed by atoms with Crippen molar-refractivity contribution in [3.05, 3.63) is 69.3 Å². The lowest BCUT2D eigenvalue weighted by molar-refractivity contribution is -0.385. The van der Waals surface area contributed by atoms with Gasteiger partial charge in [0.1, 0.15) is 5.60 Å². The first-order valence-electron chi connectivity index (χ1n) is 8.50. The first-order chi connectivity index (χ1) is 12.5. The van der Waals surface area contributed by atoms with E-state index in [1.54, 1.807) is 4.90 Å². The van der Waals surface area contributed by atoms with Crippen molar-refractivity contribution >= 4 is 11.6 Å². The van der Waals surface area contributed by atoms with Crippen molar-refractivity contribution in [2.45, 2.75) is 18.4 Å². The molecular weight excluding hydrogens is 336 g/mol. The first kappa shape index (κ1) is 16.5. The molecule has 1 spiro atoms. The van der Waals surface area contributed by atoms with E-state index >= 15 is 0 Å². The van der Waals surface area contributed by atoms with E-state index in [1.165, 1.54) is 23.8 Å². The predicted molar refractivity (Wildman–Crippen MR) is 93.1 cm³/mol. The molecule has 1 N–H and O–H groups in total. The average molecular weight is 354 g/mol. The number of morpholine rings is 1. The number of phenolic OH excluding ortho intramolecular Hbond substituents is 1. The van der Waals surface area contributed by atoms with Gasteiger partial charge in [0.2, 0.25) is 5.75 Å². The summed E-state index contributed by atoms with van der Waals surface area (Å²) in [6, 6.07) is 12.1. The monoisotopic (exact) mass is 354 g/mol. The van der Waals surface area contributed by atoms with Gasteiger partial charge in [0, 0.05) is 12.6 Å². The molecule has 4 rings (SSSR count). The minimum atomic E-state index is -0.694. The van der Waals surface area contributed by atoms with E-state index < -0.39 is 27.9 Å². The summed E-state index contributed by atoms with van der Waals surface area (Å²) in [6.45, 7) is 1.13. The minimum absolute atomic E-state index is 0.0532. The van der Waals surface area contributed by atoms with E-state index in [1.807, 2.05) is 18.2 Å². The molecule has 0 saturated carbocycles. The second kappa shape index (κ2) is 6.10. The Morgan fingerprint density at radius 2 is 2.04 bits per heavy atom. The van der Waals surface area contributed by atoms with Gasteiger partial charge in [0.15, 0.2) is 0 Å². The lowest BCUT2D eigenvalue weighted by atomic mass is 9.93. The third kappa shape index (κ3) is 2.52. The van der Waals surface area contributed by atoms with Gasteiger partial charge in [-0.3, -0.25) is 14.9 Å². The zero-order chi connectivity index (χ0) is 18.3. The number of phenols is 1. The molecule has 26 heavy (non-hydrogen) atoms. The van der Waals surface area contributed by atoms with Crippen LogP contribution in [-0.2, 0) is 16.8 Å². The fraction of sp³-hybridized carbons (Fsp3) is 0.316. The number of carbonyl (C=O) groups excluding carboxylic acids is 1. The van der Waals surface area contributed by atoms with Crippen LogP contribution in [0.15, 0.2) is 42.5 Å². The molecule has 1 heterocycles. The van der Waals surface area contributed by atoms with Crippen molar-refractivity contribution in [3.8, 4) is 5.75 Å². The van der Waals surface area contributed by atoms with Gasteiger partial charge in [0.25, 0.3) is 5.91 Å². The Balaban J connectivity index is 1.65. The summed E-state index contributed by atoms with van der Waals surface area (Å²) in [5.74, 6) is -1.01. The molecule has 7 heteroatoms. The quantitative estimate of drug-likeness (QED) is 0.661. The maximum atomic E-state index is 12.9. The Morgan fingerprint density at radius 3 is 2.85 bits per heavy atom. The van der Waals surface area contributed by atoms with E-state index in [0.717, 1.165) is 18.4 Å². The fourth-order valence-electron chi connectivity index (χ4n) is 3.95. The Hall–Kier alpha value is -2.93. The highest BCUT2D eigenvalue weighted by Crippen LogP contribution is 2.42. The van der Waals surface area contributed by atoms with Crippen LogP contribution in [0, 0.1) is 10.1 Å². The van der Waals surface area contributed by atoms with Gasteiger partial charge in [-0.2, -0.15) is 0 Å². The summed E-state index contributed by atoms with van der Waals surface area (Å²) >= 11 is 0. The van der Waals surface area contributed by atoms with Crippen LogP contribution in [0.4, 0.5) is 5.69 Å². The van der Waals surface area contributed by atoms with Crippen LogP contribution >= 0.6 is 0 Å². The number of aryl methyl sites for hydroxylation is 1. The van der Waals surface area contributed by atoms with E-state index in [4.69, 9.17) is 4.74 Å². The average Bonchev–Trinajstić information content (AvgIpc) is 2.99. The van der Waals surface area contributed by atoms with E-state index in [0.29, 0.717) is 19.7 Å². The van der Waals surface area contributed by atoms with Gasteiger partial charge in [0.05, 0.1) is 23.6 Å². The van der Waals surface area contributed by atoms with Gasteiger partial charge < -0.3 is 14.7 Å². The van der Waals surface area contributed by atoms with E-state index in [-0.39, 0.29) is 5.56 Å². The minimum Gasteiger partial charge on any atom is -0.502 e. The number of carbonyl (C=O) groups is 1. The Bertz CT molecular complexity index is 893. The fourth-order valence-corrected chi connectivity index (χ4v) is 3.95. The molecule has 7 nitrogen and oxygen atoms in total. The number of hydrogen-bond donors (Lipinski definition) is 1. The summed E-state index contributed by atoms with van der Waals surface area (Å²) in [7, 11) is 0. The maximum Gasteiger partial charge on any atom is 0.311 e. The summed E-state index contributed by atoms with van der Waals surface area (Å²) in [6.07, 6.45) is 1.68. The topological polar surface area (TPSA) is 92.9 Å². The number of nitrogens with zero attached hydrogens (tertiary/aromatic N) is 2. The number of fused-ring (bicyclic) bond motifs is 2. The second-order valence-corrected chi connectivity index (χ2v) is 6.66. The van der Waals surface area contributed by atoms with Crippen molar-refractivity contribution in [2.24, 2.45) is 0 Å². The number of amides is 1.